The molecule has 0 aromatic rings. The molecule has 8 atom stereocenters. The summed E-state index contributed by atoms with van der Waals surface area (Å²) >= 11 is 0. The molecule has 1 amide bonds. The number of aliphatic hydroxyl groups is 2. The Labute approximate surface area is 240 Å². The van der Waals surface area contributed by atoms with Gasteiger partial charge >= 0.3 is 11.9 Å². The number of carbonyl (C=O) groups excluding carboxylic acids is 4. The van der Waals surface area contributed by atoms with Crippen LogP contribution < -0.4 is 5.32 Å². The van der Waals surface area contributed by atoms with Crippen LogP contribution in [0.3, 0.4) is 0 Å². The quantitative estimate of drug-likeness (QED) is 0.287. The maximum atomic E-state index is 13.4. The van der Waals surface area contributed by atoms with Crippen molar-refractivity contribution in [3.05, 3.63) is 23.8 Å². The number of hydrogen-bond donors (Lipinski definition) is 4. The van der Waals surface area contributed by atoms with Crippen LogP contribution >= 0.6 is 0 Å². The first kappa shape index (κ1) is 31.1. The van der Waals surface area contributed by atoms with Crippen molar-refractivity contribution >= 4 is 29.4 Å². The first-order chi connectivity index (χ1) is 19.1. The van der Waals surface area contributed by atoms with Gasteiger partial charge in [0.05, 0.1) is 12.5 Å². The van der Waals surface area contributed by atoms with Crippen molar-refractivity contribution in [1.29, 1.82) is 0 Å². The third-order valence-corrected chi connectivity index (χ3v) is 10.4. The van der Waals surface area contributed by atoms with Crippen molar-refractivity contribution in [3.63, 3.8) is 0 Å². The Kier molecular flexibility index (Phi) is 8.67. The van der Waals surface area contributed by atoms with Gasteiger partial charge in [0.2, 0.25) is 11.7 Å². The SMILES string of the molecule is CC(C)C[C@H](NC(=O)CCC(=O)OCC(=O)[C@@]1(O)CC[C@@H]2[C@@H]3CCC4=CC(=O)C=C[C@]4(C)[C@@H]3[C@@H](O)C[C@@]21C)C(=O)O. The molecule has 4 rings (SSSR count). The molecule has 3 fully saturated rings. The molecule has 0 heterocycles. The van der Waals surface area contributed by atoms with E-state index in [1.165, 1.54) is 0 Å². The molecule has 0 saturated heterocycles. The van der Waals surface area contributed by atoms with Crippen molar-refractivity contribution in [1.82, 2.24) is 5.32 Å². The average Bonchev–Trinajstić information content (AvgIpc) is 3.16. The molecule has 0 aliphatic heterocycles. The van der Waals surface area contributed by atoms with Gasteiger partial charge in [-0.1, -0.05) is 39.3 Å². The molecule has 0 spiro atoms. The highest BCUT2D eigenvalue weighted by molar-refractivity contribution is 6.01. The Bertz CT molecular complexity index is 1170. The lowest BCUT2D eigenvalue weighted by atomic mass is 9.46. The molecule has 4 aliphatic carbocycles. The van der Waals surface area contributed by atoms with Crippen LogP contribution in [-0.2, 0) is 28.7 Å². The van der Waals surface area contributed by atoms with Crippen LogP contribution in [0.15, 0.2) is 23.8 Å². The van der Waals surface area contributed by atoms with Gasteiger partial charge < -0.3 is 25.4 Å². The molecule has 3 saturated carbocycles. The van der Waals surface area contributed by atoms with Crippen molar-refractivity contribution in [3.8, 4) is 0 Å². The summed E-state index contributed by atoms with van der Waals surface area (Å²) in [5.74, 6) is -3.27. The van der Waals surface area contributed by atoms with E-state index in [0.717, 1.165) is 18.4 Å². The lowest BCUT2D eigenvalue weighted by Gasteiger charge is -2.59. The number of rotatable bonds is 10. The smallest absolute Gasteiger partial charge is 0.326 e. The zero-order valence-corrected chi connectivity index (χ0v) is 24.4. The van der Waals surface area contributed by atoms with Crippen molar-refractivity contribution < 1.29 is 44.0 Å². The van der Waals surface area contributed by atoms with Gasteiger partial charge in [0, 0.05) is 23.2 Å². The fourth-order valence-corrected chi connectivity index (χ4v) is 8.30. The van der Waals surface area contributed by atoms with Crippen LogP contribution in [0.4, 0.5) is 0 Å². The highest BCUT2D eigenvalue weighted by atomic mass is 16.5. The van der Waals surface area contributed by atoms with Gasteiger partial charge in [0.1, 0.15) is 11.6 Å². The second-order valence-corrected chi connectivity index (χ2v) is 13.3. The number of nitrogens with one attached hydrogen (secondary N) is 1. The van der Waals surface area contributed by atoms with Gasteiger partial charge in [0.15, 0.2) is 12.4 Å². The van der Waals surface area contributed by atoms with Gasteiger partial charge in [-0.15, -0.1) is 0 Å². The van der Waals surface area contributed by atoms with Gasteiger partial charge in [-0.05, 0) is 68.4 Å². The van der Waals surface area contributed by atoms with Crippen molar-refractivity contribution in [2.24, 2.45) is 34.5 Å². The molecular formula is C31H43NO9. The van der Waals surface area contributed by atoms with E-state index in [2.05, 4.69) is 12.2 Å². The fraction of sp³-hybridized carbons (Fsp3) is 0.710. The number of fused-ring (bicyclic) bond motifs is 5. The summed E-state index contributed by atoms with van der Waals surface area (Å²) < 4.78 is 5.15. The number of Topliss-reactive ketones (excluding diaryl/α,β-unsaturated/α-hetero) is 1. The van der Waals surface area contributed by atoms with E-state index >= 15 is 0 Å². The zero-order valence-electron chi connectivity index (χ0n) is 24.4. The normalized spacial score (nSPS) is 36.5. The Morgan fingerprint density at radius 1 is 1.15 bits per heavy atom. The lowest BCUT2D eigenvalue weighted by Crippen LogP contribution is -2.61. The maximum Gasteiger partial charge on any atom is 0.326 e. The van der Waals surface area contributed by atoms with E-state index in [4.69, 9.17) is 4.74 Å². The largest absolute Gasteiger partial charge is 0.480 e. The number of aliphatic carboxylic acids is 1. The minimum absolute atomic E-state index is 0.0262. The minimum atomic E-state index is -1.78. The Hall–Kier alpha value is -2.85. The molecule has 4 aliphatic rings. The molecule has 0 aromatic carbocycles. The van der Waals surface area contributed by atoms with E-state index in [1.54, 1.807) is 12.2 Å². The third-order valence-electron chi connectivity index (χ3n) is 10.4. The number of aliphatic hydroxyl groups excluding tert-OH is 1. The van der Waals surface area contributed by atoms with Gasteiger partial charge in [-0.3, -0.25) is 19.2 Å². The Morgan fingerprint density at radius 2 is 1.85 bits per heavy atom. The number of amides is 1. The third kappa shape index (κ3) is 5.65. The molecule has 0 radical (unpaired) electrons. The van der Waals surface area contributed by atoms with E-state index in [9.17, 15) is 39.3 Å². The van der Waals surface area contributed by atoms with E-state index in [1.807, 2.05) is 26.8 Å². The second-order valence-electron chi connectivity index (χ2n) is 13.3. The van der Waals surface area contributed by atoms with Crippen LogP contribution in [0.25, 0.3) is 0 Å². The molecule has 4 N–H and O–H groups in total. The van der Waals surface area contributed by atoms with Crippen molar-refractivity contribution in [2.45, 2.75) is 96.8 Å². The molecule has 0 aromatic heterocycles. The average molecular weight is 574 g/mol. The van der Waals surface area contributed by atoms with Gasteiger partial charge in [0.25, 0.3) is 0 Å². The summed E-state index contributed by atoms with van der Waals surface area (Å²) in [6.07, 6.45) is 6.46. The van der Waals surface area contributed by atoms with Crippen LogP contribution in [0.5, 0.6) is 0 Å². The molecule has 226 valence electrons. The first-order valence-electron chi connectivity index (χ1n) is 14.7. The number of esters is 1. The summed E-state index contributed by atoms with van der Waals surface area (Å²) in [5.41, 5.74) is -2.12. The number of ether oxygens (including phenoxy) is 1. The maximum absolute atomic E-state index is 13.4. The lowest BCUT2D eigenvalue weighted by molar-refractivity contribution is -0.181. The number of carbonyl (C=O) groups is 5. The van der Waals surface area contributed by atoms with Crippen LogP contribution in [0.1, 0.15) is 79.1 Å². The minimum Gasteiger partial charge on any atom is -0.480 e. The highest BCUT2D eigenvalue weighted by Crippen LogP contribution is 2.67. The predicted octanol–water partition coefficient (Wildman–Crippen LogP) is 2.50. The number of allylic oxidation sites excluding steroid dienone is 4. The van der Waals surface area contributed by atoms with Gasteiger partial charge in [-0.2, -0.15) is 0 Å². The monoisotopic (exact) mass is 573 g/mol. The fourth-order valence-electron chi connectivity index (χ4n) is 8.30. The molecule has 10 heteroatoms. The van der Waals surface area contributed by atoms with E-state index < -0.39 is 58.8 Å². The van der Waals surface area contributed by atoms with E-state index in [0.29, 0.717) is 6.42 Å². The summed E-state index contributed by atoms with van der Waals surface area (Å²) in [6, 6.07) is -1.05. The Morgan fingerprint density at radius 3 is 2.51 bits per heavy atom. The zero-order chi connectivity index (χ0) is 30.3. The number of ketones is 2. The number of hydrogen-bond acceptors (Lipinski definition) is 8. The summed E-state index contributed by atoms with van der Waals surface area (Å²) in [5, 5.41) is 34.9. The van der Waals surface area contributed by atoms with E-state index in [-0.39, 0.29) is 61.6 Å². The topological polar surface area (TPSA) is 167 Å². The van der Waals surface area contributed by atoms with Crippen LogP contribution in [0.2, 0.25) is 0 Å². The number of carboxylic acid groups (broad SMARTS) is 1. The molecule has 10 nitrogen and oxygen atoms in total. The number of carboxylic acids is 1. The molecule has 41 heavy (non-hydrogen) atoms. The summed E-state index contributed by atoms with van der Waals surface area (Å²) in [4.78, 5) is 61.3. The second kappa shape index (κ2) is 11.4. The highest BCUT2D eigenvalue weighted by Gasteiger charge is 2.68. The Balaban J connectivity index is 1.36. The van der Waals surface area contributed by atoms with Gasteiger partial charge in [-0.25, -0.2) is 4.79 Å². The molecule has 0 unspecified atom stereocenters. The molecule has 0 bridgehead atoms. The van der Waals surface area contributed by atoms with Crippen LogP contribution in [0, 0.1) is 34.5 Å². The molecular weight excluding hydrogens is 530 g/mol. The van der Waals surface area contributed by atoms with Crippen molar-refractivity contribution in [2.75, 3.05) is 6.61 Å². The van der Waals surface area contributed by atoms with Crippen LogP contribution in [-0.4, -0.2) is 69.1 Å². The predicted molar refractivity (Wildman–Crippen MR) is 147 cm³/mol. The standard InChI is InChI=1S/C31H43NO9/c1-17(2)13-22(28(38)39)32-25(36)7-8-26(37)41-16-24(35)31(40)12-10-21-20-6-5-18-14-19(33)9-11-29(18,3)27(20)23(34)15-30(21,31)4/h9,11,14,17,20-23,27,34,40H,5-8,10,12-13,15-16H2,1-4H3,(H,32,36)(H,38,39)/t20-,21+,22-,23-,27-,29-,30-,31-/m0/s1. The first-order valence-corrected chi connectivity index (χ1v) is 14.7. The summed E-state index contributed by atoms with van der Waals surface area (Å²) in [7, 11) is 0. The summed E-state index contributed by atoms with van der Waals surface area (Å²) in [6.45, 7) is 6.93.